The maximum Gasteiger partial charge on any atom is 0.193 e. The molecule has 1 N–H and O–H groups in total. The van der Waals surface area contributed by atoms with Crippen molar-refractivity contribution in [2.75, 3.05) is 7.05 Å². The number of fused-ring (bicyclic) bond motifs is 1. The fourth-order valence-corrected chi connectivity index (χ4v) is 3.12. The molecule has 3 aromatic rings. The van der Waals surface area contributed by atoms with Gasteiger partial charge in [0.1, 0.15) is 5.76 Å². The van der Waals surface area contributed by atoms with Crippen LogP contribution >= 0.6 is 11.3 Å². The predicted molar refractivity (Wildman–Crippen MR) is 76.7 cm³/mol. The molecule has 1 unspecified atom stereocenters. The lowest BCUT2D eigenvalue weighted by Crippen LogP contribution is -2.19. The third kappa shape index (κ3) is 2.31. The molecular weight excluding hydrogens is 258 g/mol. The first kappa shape index (κ1) is 12.4. The number of aromatic nitrogens is 2. The number of rotatable bonds is 5. The zero-order chi connectivity index (χ0) is 13.2. The van der Waals surface area contributed by atoms with Crippen LogP contribution in [-0.4, -0.2) is 16.4 Å². The van der Waals surface area contributed by atoms with Crippen LogP contribution in [0.1, 0.15) is 30.0 Å². The summed E-state index contributed by atoms with van der Waals surface area (Å²) >= 11 is 1.66. The summed E-state index contributed by atoms with van der Waals surface area (Å²) in [5.41, 5.74) is 2.34. The Morgan fingerprint density at radius 2 is 2.42 bits per heavy atom. The van der Waals surface area contributed by atoms with Gasteiger partial charge < -0.3 is 9.73 Å². The average Bonchev–Trinajstić information content (AvgIpc) is 3.10. The first-order valence-corrected chi connectivity index (χ1v) is 7.34. The molecular formula is C14H17N3OS. The topological polar surface area (TPSA) is 42.5 Å². The number of thiazole rings is 1. The third-order valence-corrected chi connectivity index (χ3v) is 4.15. The first-order valence-electron chi connectivity index (χ1n) is 6.46. The Morgan fingerprint density at radius 1 is 1.53 bits per heavy atom. The van der Waals surface area contributed by atoms with Crippen molar-refractivity contribution in [1.82, 2.24) is 14.7 Å². The van der Waals surface area contributed by atoms with E-state index in [1.807, 2.05) is 18.6 Å². The normalized spacial score (nSPS) is 13.2. The van der Waals surface area contributed by atoms with E-state index in [1.54, 1.807) is 17.6 Å². The van der Waals surface area contributed by atoms with Crippen molar-refractivity contribution >= 4 is 16.3 Å². The van der Waals surface area contributed by atoms with Gasteiger partial charge in [0.05, 0.1) is 12.0 Å². The van der Waals surface area contributed by atoms with Crippen molar-refractivity contribution in [1.29, 1.82) is 0 Å². The number of imidazole rings is 1. The predicted octanol–water partition coefficient (Wildman–Crippen LogP) is 3.05. The molecule has 0 aliphatic rings. The Bertz CT molecular complexity index is 638. The van der Waals surface area contributed by atoms with Gasteiger partial charge in [0.25, 0.3) is 0 Å². The van der Waals surface area contributed by atoms with Crippen molar-refractivity contribution in [3.63, 3.8) is 0 Å². The smallest absolute Gasteiger partial charge is 0.193 e. The monoisotopic (exact) mass is 275 g/mol. The molecule has 0 saturated heterocycles. The average molecular weight is 275 g/mol. The number of hydrogen-bond donors (Lipinski definition) is 1. The van der Waals surface area contributed by atoms with E-state index >= 15 is 0 Å². The van der Waals surface area contributed by atoms with Crippen LogP contribution in [0.2, 0.25) is 0 Å². The molecule has 0 spiro atoms. The molecule has 0 saturated carbocycles. The lowest BCUT2D eigenvalue weighted by molar-refractivity contribution is 0.494. The van der Waals surface area contributed by atoms with Crippen LogP contribution in [0.15, 0.2) is 34.5 Å². The number of nitrogens with one attached hydrogen (secondary N) is 1. The van der Waals surface area contributed by atoms with E-state index in [1.165, 1.54) is 5.56 Å². The number of aryl methyl sites for hydroxylation is 1. The molecule has 3 aromatic heterocycles. The molecule has 0 radical (unpaired) electrons. The van der Waals surface area contributed by atoms with E-state index in [9.17, 15) is 0 Å². The zero-order valence-electron chi connectivity index (χ0n) is 11.1. The fourth-order valence-electron chi connectivity index (χ4n) is 2.40. The molecule has 0 bridgehead atoms. The van der Waals surface area contributed by atoms with Gasteiger partial charge in [-0.1, -0.05) is 6.92 Å². The van der Waals surface area contributed by atoms with E-state index < -0.39 is 0 Å². The van der Waals surface area contributed by atoms with Crippen LogP contribution in [0.3, 0.4) is 0 Å². The van der Waals surface area contributed by atoms with Crippen LogP contribution in [-0.2, 0) is 12.8 Å². The van der Waals surface area contributed by atoms with Crippen molar-refractivity contribution in [2.45, 2.75) is 25.8 Å². The largest absolute Gasteiger partial charge is 0.469 e. The second-order valence-corrected chi connectivity index (χ2v) is 5.40. The lowest BCUT2D eigenvalue weighted by Gasteiger charge is -2.14. The van der Waals surface area contributed by atoms with Gasteiger partial charge in [-0.05, 0) is 13.1 Å². The summed E-state index contributed by atoms with van der Waals surface area (Å²) in [5.74, 6) is 1.06. The standard InChI is InChI=1S/C14H17N3OS/c1-3-13-11(4-6-18-13)12(15-2)8-10-9-17-5-7-19-14(17)16-10/h4-7,9,12,15H,3,8H2,1-2H3. The third-order valence-electron chi connectivity index (χ3n) is 3.38. The Balaban J connectivity index is 1.85. The number of nitrogens with zero attached hydrogens (tertiary/aromatic N) is 2. The van der Waals surface area contributed by atoms with Gasteiger partial charge in [0.2, 0.25) is 0 Å². The van der Waals surface area contributed by atoms with Crippen molar-refractivity contribution < 1.29 is 4.42 Å². The van der Waals surface area contributed by atoms with Crippen LogP contribution < -0.4 is 5.32 Å². The summed E-state index contributed by atoms with van der Waals surface area (Å²) in [6.45, 7) is 2.11. The highest BCUT2D eigenvalue weighted by Gasteiger charge is 2.17. The molecule has 5 heteroatoms. The zero-order valence-corrected chi connectivity index (χ0v) is 11.9. The minimum Gasteiger partial charge on any atom is -0.469 e. The second-order valence-electron chi connectivity index (χ2n) is 4.52. The molecule has 3 heterocycles. The number of hydrogen-bond acceptors (Lipinski definition) is 4. The van der Waals surface area contributed by atoms with Crippen molar-refractivity contribution in [3.8, 4) is 0 Å². The summed E-state index contributed by atoms with van der Waals surface area (Å²) in [7, 11) is 1.98. The summed E-state index contributed by atoms with van der Waals surface area (Å²) in [6.07, 6.45) is 7.70. The molecule has 100 valence electrons. The molecule has 3 rings (SSSR count). The quantitative estimate of drug-likeness (QED) is 0.778. The van der Waals surface area contributed by atoms with E-state index in [-0.39, 0.29) is 6.04 Å². The molecule has 0 aliphatic carbocycles. The molecule has 1 atom stereocenters. The summed E-state index contributed by atoms with van der Waals surface area (Å²) in [5, 5.41) is 5.41. The maximum atomic E-state index is 5.51. The van der Waals surface area contributed by atoms with Gasteiger partial charge in [-0.15, -0.1) is 11.3 Å². The molecule has 0 fully saturated rings. The van der Waals surface area contributed by atoms with Crippen LogP contribution in [0, 0.1) is 0 Å². The summed E-state index contributed by atoms with van der Waals surface area (Å²) in [6, 6.07) is 2.30. The highest BCUT2D eigenvalue weighted by Crippen LogP contribution is 2.24. The fraction of sp³-hybridized carbons (Fsp3) is 0.357. The maximum absolute atomic E-state index is 5.51. The number of likely N-dealkylation sites (N-methyl/N-ethyl adjacent to an activating group) is 1. The molecule has 0 amide bonds. The minimum atomic E-state index is 0.248. The summed E-state index contributed by atoms with van der Waals surface area (Å²) in [4.78, 5) is 5.69. The Morgan fingerprint density at radius 3 is 3.16 bits per heavy atom. The van der Waals surface area contributed by atoms with Gasteiger partial charge in [0, 0.05) is 42.2 Å². The Kier molecular flexibility index (Phi) is 3.40. The summed E-state index contributed by atoms with van der Waals surface area (Å²) < 4.78 is 7.59. The van der Waals surface area contributed by atoms with E-state index in [4.69, 9.17) is 4.42 Å². The molecule has 0 aliphatic heterocycles. The van der Waals surface area contributed by atoms with Gasteiger partial charge in [-0.3, -0.25) is 4.40 Å². The Labute approximate surface area is 116 Å². The van der Waals surface area contributed by atoms with Crippen LogP contribution in [0.4, 0.5) is 0 Å². The molecule has 19 heavy (non-hydrogen) atoms. The van der Waals surface area contributed by atoms with E-state index in [0.717, 1.165) is 29.3 Å². The highest BCUT2D eigenvalue weighted by molar-refractivity contribution is 7.15. The second kappa shape index (κ2) is 5.19. The first-order chi connectivity index (χ1) is 9.31. The van der Waals surface area contributed by atoms with Crippen molar-refractivity contribution in [2.24, 2.45) is 0 Å². The van der Waals surface area contributed by atoms with Crippen LogP contribution in [0.25, 0.3) is 4.96 Å². The van der Waals surface area contributed by atoms with Crippen molar-refractivity contribution in [3.05, 3.63) is 47.1 Å². The Hall–Kier alpha value is -1.59. The molecule has 0 aromatic carbocycles. The van der Waals surface area contributed by atoms with E-state index in [2.05, 4.69) is 33.9 Å². The van der Waals surface area contributed by atoms with Gasteiger partial charge in [-0.25, -0.2) is 4.98 Å². The molecule has 4 nitrogen and oxygen atoms in total. The van der Waals surface area contributed by atoms with Gasteiger partial charge >= 0.3 is 0 Å². The minimum absolute atomic E-state index is 0.248. The van der Waals surface area contributed by atoms with Crippen LogP contribution in [0.5, 0.6) is 0 Å². The van der Waals surface area contributed by atoms with Gasteiger partial charge in [0.15, 0.2) is 4.96 Å². The lowest BCUT2D eigenvalue weighted by atomic mass is 10.0. The number of furan rings is 1. The van der Waals surface area contributed by atoms with Gasteiger partial charge in [-0.2, -0.15) is 0 Å². The highest BCUT2D eigenvalue weighted by atomic mass is 32.1. The SMILES string of the molecule is CCc1occc1C(Cc1cn2ccsc2n1)NC. The van der Waals surface area contributed by atoms with E-state index in [0.29, 0.717) is 0 Å².